The molecule has 3 aliphatic rings. The number of aromatic nitrogens is 3. The van der Waals surface area contributed by atoms with Gasteiger partial charge in [-0.15, -0.1) is 0 Å². The highest BCUT2D eigenvalue weighted by Crippen LogP contribution is 2.39. The second-order valence-electron chi connectivity index (χ2n) is 9.56. The minimum atomic E-state index is -4.47. The Kier molecular flexibility index (Phi) is 6.36. The maximum atomic E-state index is 13.7. The lowest BCUT2D eigenvalue weighted by Crippen LogP contribution is -2.37. The van der Waals surface area contributed by atoms with Gasteiger partial charge in [-0.3, -0.25) is 0 Å². The van der Waals surface area contributed by atoms with Gasteiger partial charge in [0.1, 0.15) is 11.6 Å². The van der Waals surface area contributed by atoms with Gasteiger partial charge in [-0.25, -0.2) is 9.97 Å². The molecule has 1 radical (unpaired) electrons. The predicted octanol–water partition coefficient (Wildman–Crippen LogP) is 4.79. The van der Waals surface area contributed by atoms with Crippen LogP contribution in [0.3, 0.4) is 0 Å². The monoisotopic (exact) mass is 509 g/mol. The SMILES string of the molecule is FC(F)(F)c1cccnc1N1CCc2nc(N3CCOCC3)nc(Nc3ccc([C]4CC4)cc3)c2CC1. The van der Waals surface area contributed by atoms with E-state index >= 15 is 0 Å². The zero-order chi connectivity index (χ0) is 25.4. The normalized spacial score (nSPS) is 18.4. The topological polar surface area (TPSA) is 66.4 Å². The van der Waals surface area contributed by atoms with E-state index in [1.807, 2.05) is 0 Å². The van der Waals surface area contributed by atoms with E-state index < -0.39 is 11.7 Å². The van der Waals surface area contributed by atoms with Gasteiger partial charge in [0.05, 0.1) is 24.5 Å². The summed E-state index contributed by atoms with van der Waals surface area (Å²) in [7, 11) is 0. The Bertz CT molecular complexity index is 1260. The molecule has 1 aliphatic carbocycles. The lowest BCUT2D eigenvalue weighted by atomic mass is 10.1. The number of hydrogen-bond acceptors (Lipinski definition) is 7. The van der Waals surface area contributed by atoms with Gasteiger partial charge in [-0.05, 0) is 49.1 Å². The molecule has 4 heterocycles. The molecule has 193 valence electrons. The van der Waals surface area contributed by atoms with Crippen LogP contribution in [0.1, 0.15) is 35.2 Å². The summed E-state index contributed by atoms with van der Waals surface area (Å²) in [6.45, 7) is 3.38. The quantitative estimate of drug-likeness (QED) is 0.531. The van der Waals surface area contributed by atoms with Crippen LogP contribution in [0.5, 0.6) is 0 Å². The molecule has 0 bridgehead atoms. The van der Waals surface area contributed by atoms with E-state index in [1.54, 1.807) is 4.90 Å². The lowest BCUT2D eigenvalue weighted by Gasteiger charge is -2.28. The van der Waals surface area contributed by atoms with Crippen LogP contribution in [0, 0.1) is 5.92 Å². The van der Waals surface area contributed by atoms with Crippen LogP contribution in [0.25, 0.3) is 0 Å². The number of nitrogens with zero attached hydrogens (tertiary/aromatic N) is 5. The molecular formula is C27H28F3N6O. The zero-order valence-electron chi connectivity index (χ0n) is 20.4. The predicted molar refractivity (Wildman–Crippen MR) is 135 cm³/mol. The highest BCUT2D eigenvalue weighted by atomic mass is 19.4. The van der Waals surface area contributed by atoms with Crippen LogP contribution in [0.4, 0.5) is 36.4 Å². The fourth-order valence-electron chi connectivity index (χ4n) is 4.95. The summed E-state index contributed by atoms with van der Waals surface area (Å²) in [6.07, 6.45) is 0.273. The number of rotatable bonds is 5. The smallest absolute Gasteiger partial charge is 0.378 e. The van der Waals surface area contributed by atoms with Gasteiger partial charge >= 0.3 is 6.18 Å². The number of anilines is 4. The van der Waals surface area contributed by atoms with Gasteiger partial charge in [0, 0.05) is 56.0 Å². The summed E-state index contributed by atoms with van der Waals surface area (Å²) in [5.74, 6) is 2.77. The third-order valence-corrected chi connectivity index (χ3v) is 7.07. The van der Waals surface area contributed by atoms with Crippen LogP contribution in [0.2, 0.25) is 0 Å². The van der Waals surface area contributed by atoms with Gasteiger partial charge in [0.15, 0.2) is 0 Å². The molecular weight excluding hydrogens is 481 g/mol. The number of morpholine rings is 1. The van der Waals surface area contributed by atoms with Crippen molar-refractivity contribution in [2.24, 2.45) is 0 Å². The molecule has 1 N–H and O–H groups in total. The number of hydrogen-bond donors (Lipinski definition) is 1. The van der Waals surface area contributed by atoms with Crippen molar-refractivity contribution >= 4 is 23.3 Å². The second kappa shape index (κ2) is 9.81. The van der Waals surface area contributed by atoms with Crippen molar-refractivity contribution in [3.63, 3.8) is 0 Å². The number of ether oxygens (including phenoxy) is 1. The molecule has 0 spiro atoms. The number of nitrogens with one attached hydrogen (secondary N) is 1. The van der Waals surface area contributed by atoms with Crippen LogP contribution in [-0.2, 0) is 23.8 Å². The van der Waals surface area contributed by atoms with Gasteiger partial charge < -0.3 is 19.9 Å². The van der Waals surface area contributed by atoms with Crippen LogP contribution in [0.15, 0.2) is 42.6 Å². The fraction of sp³-hybridized carbons (Fsp3) is 0.407. The van der Waals surface area contributed by atoms with Gasteiger partial charge in [0.2, 0.25) is 5.95 Å². The summed E-state index contributed by atoms with van der Waals surface area (Å²) >= 11 is 0. The molecule has 1 aromatic carbocycles. The molecule has 37 heavy (non-hydrogen) atoms. The van der Waals surface area contributed by atoms with Crippen molar-refractivity contribution < 1.29 is 17.9 Å². The standard InChI is InChI=1S/C27H28F3N6O/c28-27(29,30)22-2-1-11-31-25(22)35-12-9-21-23(10-13-35)33-26(36-14-16-37-17-15-36)34-24(21)32-20-7-5-19(6-8-20)18-3-4-18/h1-2,5-8,11H,3-4,9-10,12-17H2,(H,32,33,34). The maximum Gasteiger partial charge on any atom is 0.419 e. The molecule has 7 nitrogen and oxygen atoms in total. The number of fused-ring (bicyclic) bond motifs is 1. The Morgan fingerprint density at radius 3 is 2.32 bits per heavy atom. The molecule has 1 saturated carbocycles. The number of alkyl halides is 3. The average molecular weight is 510 g/mol. The molecule has 0 unspecified atom stereocenters. The molecule has 6 rings (SSSR count). The Balaban J connectivity index is 1.32. The maximum absolute atomic E-state index is 13.7. The van der Waals surface area contributed by atoms with E-state index in [-0.39, 0.29) is 5.82 Å². The average Bonchev–Trinajstić information content (AvgIpc) is 3.77. The van der Waals surface area contributed by atoms with Crippen LogP contribution in [-0.4, -0.2) is 54.3 Å². The largest absolute Gasteiger partial charge is 0.419 e. The molecule has 2 aliphatic heterocycles. The van der Waals surface area contributed by atoms with Crippen LogP contribution < -0.4 is 15.1 Å². The van der Waals surface area contributed by atoms with Gasteiger partial charge in [-0.1, -0.05) is 12.1 Å². The zero-order valence-corrected chi connectivity index (χ0v) is 20.4. The first kappa shape index (κ1) is 24.0. The summed E-state index contributed by atoms with van der Waals surface area (Å²) in [4.78, 5) is 17.7. The Hall–Kier alpha value is -3.40. The van der Waals surface area contributed by atoms with Crippen molar-refractivity contribution in [2.75, 3.05) is 54.5 Å². The molecule has 3 aromatic rings. The Morgan fingerprint density at radius 2 is 1.59 bits per heavy atom. The summed E-state index contributed by atoms with van der Waals surface area (Å²) in [5, 5.41) is 3.48. The van der Waals surface area contributed by atoms with E-state index in [2.05, 4.69) is 39.5 Å². The third-order valence-electron chi connectivity index (χ3n) is 7.07. The number of benzene rings is 1. The fourth-order valence-corrected chi connectivity index (χ4v) is 4.95. The molecule has 10 heteroatoms. The summed E-state index contributed by atoms with van der Waals surface area (Å²) in [6, 6.07) is 10.8. The number of halogens is 3. The molecule has 0 atom stereocenters. The molecule has 0 amide bonds. The highest BCUT2D eigenvalue weighted by molar-refractivity contribution is 5.64. The molecule has 1 saturated heterocycles. The molecule has 2 fully saturated rings. The second-order valence-corrected chi connectivity index (χ2v) is 9.56. The summed E-state index contributed by atoms with van der Waals surface area (Å²) in [5.41, 5.74) is 3.27. The lowest BCUT2D eigenvalue weighted by molar-refractivity contribution is -0.137. The van der Waals surface area contributed by atoms with Crippen LogP contribution >= 0.6 is 0 Å². The van der Waals surface area contributed by atoms with E-state index in [0.29, 0.717) is 64.0 Å². The van der Waals surface area contributed by atoms with Crippen molar-refractivity contribution in [3.05, 3.63) is 70.9 Å². The minimum absolute atomic E-state index is 0.0353. The van der Waals surface area contributed by atoms with Crippen molar-refractivity contribution in [1.29, 1.82) is 0 Å². The van der Waals surface area contributed by atoms with E-state index in [1.165, 1.54) is 23.7 Å². The summed E-state index contributed by atoms with van der Waals surface area (Å²) < 4.78 is 46.6. The van der Waals surface area contributed by atoms with Crippen molar-refractivity contribution in [1.82, 2.24) is 15.0 Å². The first-order chi connectivity index (χ1) is 18.0. The Morgan fingerprint density at radius 1 is 0.838 bits per heavy atom. The van der Waals surface area contributed by atoms with E-state index in [4.69, 9.17) is 14.7 Å². The Labute approximate surface area is 213 Å². The van der Waals surface area contributed by atoms with Crippen molar-refractivity contribution in [2.45, 2.75) is 31.9 Å². The van der Waals surface area contributed by atoms with E-state index in [0.717, 1.165) is 35.9 Å². The van der Waals surface area contributed by atoms with Gasteiger partial charge in [0.25, 0.3) is 0 Å². The minimum Gasteiger partial charge on any atom is -0.378 e. The third kappa shape index (κ3) is 5.20. The van der Waals surface area contributed by atoms with Crippen molar-refractivity contribution in [3.8, 4) is 0 Å². The first-order valence-electron chi connectivity index (χ1n) is 12.7. The van der Waals surface area contributed by atoms with E-state index in [9.17, 15) is 13.2 Å². The number of pyridine rings is 1. The highest BCUT2D eigenvalue weighted by Gasteiger charge is 2.36. The molecule has 2 aromatic heterocycles. The van der Waals surface area contributed by atoms with Gasteiger partial charge in [-0.2, -0.15) is 18.2 Å². The first-order valence-corrected chi connectivity index (χ1v) is 12.7.